The second-order valence-corrected chi connectivity index (χ2v) is 7.64. The molecule has 2 heterocycles. The van der Waals surface area contributed by atoms with Gasteiger partial charge in [-0.05, 0) is 58.8 Å². The molecule has 162 valence electrons. The number of methoxy groups -OCH3 is 1. The first-order valence-electron chi connectivity index (χ1n) is 10.3. The van der Waals surface area contributed by atoms with Crippen LogP contribution in [0.4, 0.5) is 5.69 Å². The molecule has 1 aromatic heterocycles. The van der Waals surface area contributed by atoms with Crippen LogP contribution in [0.3, 0.4) is 0 Å². The lowest BCUT2D eigenvalue weighted by Gasteiger charge is -2.34. The third-order valence-electron chi connectivity index (χ3n) is 5.67. The van der Waals surface area contributed by atoms with Gasteiger partial charge in [0.2, 0.25) is 5.91 Å². The Balaban J connectivity index is 1.74. The highest BCUT2D eigenvalue weighted by molar-refractivity contribution is 6.11. The van der Waals surface area contributed by atoms with Gasteiger partial charge >= 0.3 is 11.9 Å². The normalized spacial score (nSPS) is 16.3. The number of likely N-dealkylation sites (tertiary alicyclic amines) is 1. The SMILES string of the molecule is CCOC(=O)C1CCN(C(C)C(=O)Nc2c(C(=O)OC)[nH]c3ccc(C)cc23)CC1. The number of aromatic amines is 1. The second-order valence-electron chi connectivity index (χ2n) is 7.64. The van der Waals surface area contributed by atoms with Crippen molar-refractivity contribution in [3.05, 3.63) is 29.5 Å². The number of nitrogens with one attached hydrogen (secondary N) is 2. The van der Waals surface area contributed by atoms with Crippen molar-refractivity contribution in [1.29, 1.82) is 0 Å². The maximum absolute atomic E-state index is 13.0. The van der Waals surface area contributed by atoms with Crippen LogP contribution in [-0.2, 0) is 19.1 Å². The first-order valence-corrected chi connectivity index (χ1v) is 10.3. The first kappa shape index (κ1) is 21.8. The van der Waals surface area contributed by atoms with Crippen molar-refractivity contribution in [1.82, 2.24) is 9.88 Å². The summed E-state index contributed by atoms with van der Waals surface area (Å²) in [6.45, 7) is 7.23. The molecule has 1 amide bonds. The zero-order valence-corrected chi connectivity index (χ0v) is 17.9. The Bertz CT molecular complexity index is 944. The van der Waals surface area contributed by atoms with Gasteiger partial charge in [0, 0.05) is 10.9 Å². The number of nitrogens with zero attached hydrogens (tertiary/aromatic N) is 1. The molecule has 2 N–H and O–H groups in total. The lowest BCUT2D eigenvalue weighted by Crippen LogP contribution is -2.47. The summed E-state index contributed by atoms with van der Waals surface area (Å²) in [5.41, 5.74) is 2.42. The van der Waals surface area contributed by atoms with E-state index in [0.717, 1.165) is 16.5 Å². The molecule has 1 unspecified atom stereocenters. The van der Waals surface area contributed by atoms with E-state index in [0.29, 0.717) is 38.2 Å². The minimum Gasteiger partial charge on any atom is -0.466 e. The van der Waals surface area contributed by atoms with Gasteiger partial charge in [-0.25, -0.2) is 4.79 Å². The predicted molar refractivity (Wildman–Crippen MR) is 113 cm³/mol. The number of carbonyl (C=O) groups excluding carboxylic acids is 3. The Kier molecular flexibility index (Phi) is 6.77. The Morgan fingerprint density at radius 1 is 1.27 bits per heavy atom. The highest BCUT2D eigenvalue weighted by atomic mass is 16.5. The number of aromatic nitrogens is 1. The lowest BCUT2D eigenvalue weighted by atomic mass is 9.96. The van der Waals surface area contributed by atoms with Crippen LogP contribution in [0, 0.1) is 12.8 Å². The van der Waals surface area contributed by atoms with Gasteiger partial charge in [-0.3, -0.25) is 14.5 Å². The van der Waals surface area contributed by atoms with Crippen LogP contribution in [-0.4, -0.2) is 60.6 Å². The Morgan fingerprint density at radius 2 is 1.97 bits per heavy atom. The molecular formula is C22H29N3O5. The fourth-order valence-electron chi connectivity index (χ4n) is 3.87. The largest absolute Gasteiger partial charge is 0.466 e. The molecule has 0 radical (unpaired) electrons. The number of H-pyrrole nitrogens is 1. The number of fused-ring (bicyclic) bond motifs is 1. The minimum atomic E-state index is -0.540. The van der Waals surface area contributed by atoms with Crippen LogP contribution in [0.15, 0.2) is 18.2 Å². The maximum atomic E-state index is 13.0. The van der Waals surface area contributed by atoms with E-state index in [-0.39, 0.29) is 23.5 Å². The zero-order valence-electron chi connectivity index (χ0n) is 17.9. The van der Waals surface area contributed by atoms with Crippen molar-refractivity contribution in [2.24, 2.45) is 5.92 Å². The van der Waals surface area contributed by atoms with Crippen molar-refractivity contribution < 1.29 is 23.9 Å². The van der Waals surface area contributed by atoms with Crippen molar-refractivity contribution in [3.63, 3.8) is 0 Å². The number of hydrogen-bond acceptors (Lipinski definition) is 6. The number of ether oxygens (including phenoxy) is 2. The number of aryl methyl sites for hydroxylation is 1. The summed E-state index contributed by atoms with van der Waals surface area (Å²) in [6.07, 6.45) is 1.33. The Morgan fingerprint density at radius 3 is 2.60 bits per heavy atom. The number of rotatable bonds is 6. The van der Waals surface area contributed by atoms with E-state index in [1.165, 1.54) is 7.11 Å². The van der Waals surface area contributed by atoms with E-state index in [2.05, 4.69) is 10.3 Å². The van der Waals surface area contributed by atoms with E-state index < -0.39 is 12.0 Å². The van der Waals surface area contributed by atoms with Gasteiger partial charge in [0.05, 0.1) is 31.4 Å². The van der Waals surface area contributed by atoms with Crippen LogP contribution < -0.4 is 5.32 Å². The zero-order chi connectivity index (χ0) is 21.8. The molecule has 1 aliphatic rings. The topological polar surface area (TPSA) is 101 Å². The molecule has 3 rings (SSSR count). The smallest absolute Gasteiger partial charge is 0.356 e. The van der Waals surface area contributed by atoms with Crippen LogP contribution in [0.1, 0.15) is 42.7 Å². The van der Waals surface area contributed by atoms with Gasteiger partial charge in [-0.15, -0.1) is 0 Å². The number of benzene rings is 1. The quantitative estimate of drug-likeness (QED) is 0.704. The predicted octanol–water partition coefficient (Wildman–Crippen LogP) is 2.87. The summed E-state index contributed by atoms with van der Waals surface area (Å²) in [4.78, 5) is 42.3. The summed E-state index contributed by atoms with van der Waals surface area (Å²) in [6, 6.07) is 5.31. The van der Waals surface area contributed by atoms with Crippen molar-refractivity contribution in [2.75, 3.05) is 32.1 Å². The third kappa shape index (κ3) is 4.48. The molecule has 8 heteroatoms. The third-order valence-corrected chi connectivity index (χ3v) is 5.67. The van der Waals surface area contributed by atoms with Crippen LogP contribution in [0.25, 0.3) is 10.9 Å². The minimum absolute atomic E-state index is 0.112. The molecular weight excluding hydrogens is 386 g/mol. The molecule has 30 heavy (non-hydrogen) atoms. The summed E-state index contributed by atoms with van der Waals surface area (Å²) < 4.78 is 9.98. The summed E-state index contributed by atoms with van der Waals surface area (Å²) >= 11 is 0. The molecule has 0 aliphatic carbocycles. The molecule has 8 nitrogen and oxygen atoms in total. The maximum Gasteiger partial charge on any atom is 0.356 e. The van der Waals surface area contributed by atoms with Crippen molar-refractivity contribution in [3.8, 4) is 0 Å². The molecule has 0 spiro atoms. The number of esters is 2. The van der Waals surface area contributed by atoms with E-state index in [4.69, 9.17) is 9.47 Å². The van der Waals surface area contributed by atoms with Gasteiger partial charge in [0.25, 0.3) is 0 Å². The number of amides is 1. The van der Waals surface area contributed by atoms with Gasteiger partial charge in [0.15, 0.2) is 0 Å². The van der Waals surface area contributed by atoms with E-state index in [9.17, 15) is 14.4 Å². The first-order chi connectivity index (χ1) is 14.3. The Hall–Kier alpha value is -2.87. The Labute approximate surface area is 175 Å². The average Bonchev–Trinajstić information content (AvgIpc) is 3.10. The summed E-state index contributed by atoms with van der Waals surface area (Å²) in [5, 5.41) is 3.68. The molecule has 1 atom stereocenters. The highest BCUT2D eigenvalue weighted by Crippen LogP contribution is 2.30. The molecule has 0 bridgehead atoms. The fraction of sp³-hybridized carbons (Fsp3) is 0.500. The number of carbonyl (C=O) groups is 3. The molecule has 1 aromatic carbocycles. The van der Waals surface area contributed by atoms with Crippen molar-refractivity contribution >= 4 is 34.4 Å². The summed E-state index contributed by atoms with van der Waals surface area (Å²) in [7, 11) is 1.31. The molecule has 0 saturated carbocycles. The average molecular weight is 415 g/mol. The standard InChI is InChI=1S/C22H29N3O5/c1-5-30-21(27)15-8-10-25(11-9-15)14(3)20(26)24-18-16-12-13(2)6-7-17(16)23-19(18)22(28)29-4/h6-7,12,14-15,23H,5,8-11H2,1-4H3,(H,24,26). The monoisotopic (exact) mass is 415 g/mol. The van der Waals surface area contributed by atoms with E-state index in [1.54, 1.807) is 6.92 Å². The van der Waals surface area contributed by atoms with Gasteiger partial charge in [-0.2, -0.15) is 0 Å². The number of hydrogen-bond donors (Lipinski definition) is 2. The number of piperidine rings is 1. The van der Waals surface area contributed by atoms with Crippen molar-refractivity contribution in [2.45, 2.75) is 39.7 Å². The molecule has 2 aromatic rings. The molecule has 1 aliphatic heterocycles. The van der Waals surface area contributed by atoms with Crippen LogP contribution >= 0.6 is 0 Å². The van der Waals surface area contributed by atoms with E-state index >= 15 is 0 Å². The van der Waals surface area contributed by atoms with Gasteiger partial charge in [-0.1, -0.05) is 11.6 Å². The van der Waals surface area contributed by atoms with Gasteiger partial charge < -0.3 is 19.8 Å². The van der Waals surface area contributed by atoms with E-state index in [1.807, 2.05) is 36.9 Å². The van der Waals surface area contributed by atoms with Crippen LogP contribution in [0.5, 0.6) is 0 Å². The fourth-order valence-corrected chi connectivity index (χ4v) is 3.87. The summed E-state index contributed by atoms with van der Waals surface area (Å²) in [5.74, 6) is -1.02. The molecule has 1 saturated heterocycles. The van der Waals surface area contributed by atoms with Gasteiger partial charge in [0.1, 0.15) is 5.69 Å². The molecule has 1 fully saturated rings. The second kappa shape index (κ2) is 9.30. The number of anilines is 1. The van der Waals surface area contributed by atoms with Crippen LogP contribution in [0.2, 0.25) is 0 Å². The highest BCUT2D eigenvalue weighted by Gasteiger charge is 2.31. The lowest BCUT2D eigenvalue weighted by molar-refractivity contribution is -0.149.